The van der Waals surface area contributed by atoms with E-state index in [9.17, 15) is 10.1 Å². The highest BCUT2D eigenvalue weighted by Crippen LogP contribution is 2.22. The van der Waals surface area contributed by atoms with Crippen LogP contribution in [0.5, 0.6) is 0 Å². The molecule has 0 unspecified atom stereocenters. The Hall–Kier alpha value is -3.00. The predicted octanol–water partition coefficient (Wildman–Crippen LogP) is 2.68. The molecule has 3 rings (SSSR count). The Bertz CT molecular complexity index is 884. The number of nitro groups is 1. The van der Waals surface area contributed by atoms with Crippen molar-refractivity contribution in [3.8, 4) is 5.69 Å². The molecule has 1 aromatic carbocycles. The van der Waals surface area contributed by atoms with Crippen LogP contribution in [0.15, 0.2) is 42.7 Å². The van der Waals surface area contributed by atoms with Gasteiger partial charge in [-0.3, -0.25) is 15.0 Å². The molecule has 0 aliphatic rings. The minimum absolute atomic E-state index is 0.0882. The smallest absolute Gasteiger partial charge is 0.283 e. The van der Waals surface area contributed by atoms with Crippen LogP contribution in [-0.2, 0) is 13.2 Å². The van der Waals surface area contributed by atoms with Gasteiger partial charge >= 0.3 is 5.69 Å². The third-order valence-electron chi connectivity index (χ3n) is 4.01. The third kappa shape index (κ3) is 3.58. The van der Waals surface area contributed by atoms with E-state index in [0.717, 1.165) is 11.3 Å². The summed E-state index contributed by atoms with van der Waals surface area (Å²) < 4.78 is 3.49. The van der Waals surface area contributed by atoms with Gasteiger partial charge in [0.1, 0.15) is 11.4 Å². The summed E-state index contributed by atoms with van der Waals surface area (Å²) >= 11 is 0. The standard InChI is InChI=1S/C17H20N6O2/c1-13-17(23(24)25)14(2)22(19-13)12-20(3)10-15-9-18-21(11-15)16-7-5-4-6-8-16/h4-9,11H,10,12H2,1-3H3. The second kappa shape index (κ2) is 6.86. The summed E-state index contributed by atoms with van der Waals surface area (Å²) in [6.45, 7) is 4.51. The van der Waals surface area contributed by atoms with Crippen LogP contribution in [0.3, 0.4) is 0 Å². The van der Waals surface area contributed by atoms with E-state index in [0.29, 0.717) is 24.6 Å². The Morgan fingerprint density at radius 1 is 1.24 bits per heavy atom. The van der Waals surface area contributed by atoms with Gasteiger partial charge in [-0.25, -0.2) is 9.36 Å². The summed E-state index contributed by atoms with van der Waals surface area (Å²) in [5.41, 5.74) is 3.15. The predicted molar refractivity (Wildman–Crippen MR) is 93.4 cm³/mol. The van der Waals surface area contributed by atoms with Crippen molar-refractivity contribution in [2.24, 2.45) is 0 Å². The maximum absolute atomic E-state index is 11.1. The van der Waals surface area contributed by atoms with Gasteiger partial charge in [-0.15, -0.1) is 0 Å². The lowest BCUT2D eigenvalue weighted by atomic mass is 10.3. The summed E-state index contributed by atoms with van der Waals surface area (Å²) in [4.78, 5) is 12.8. The maximum Gasteiger partial charge on any atom is 0.312 e. The van der Waals surface area contributed by atoms with Gasteiger partial charge in [-0.05, 0) is 33.0 Å². The summed E-state index contributed by atoms with van der Waals surface area (Å²) in [6, 6.07) is 9.90. The molecule has 2 aromatic heterocycles. The first-order chi connectivity index (χ1) is 12.0. The van der Waals surface area contributed by atoms with Gasteiger partial charge in [0.2, 0.25) is 0 Å². The molecule has 0 fully saturated rings. The topological polar surface area (TPSA) is 82.0 Å². The Morgan fingerprint density at radius 3 is 2.60 bits per heavy atom. The van der Waals surface area contributed by atoms with Gasteiger partial charge in [-0.1, -0.05) is 18.2 Å². The summed E-state index contributed by atoms with van der Waals surface area (Å²) in [7, 11) is 1.95. The van der Waals surface area contributed by atoms with Crippen molar-refractivity contribution in [1.82, 2.24) is 24.5 Å². The second-order valence-electron chi connectivity index (χ2n) is 6.06. The van der Waals surface area contributed by atoms with E-state index in [4.69, 9.17) is 0 Å². The highest BCUT2D eigenvalue weighted by Gasteiger charge is 2.22. The van der Waals surface area contributed by atoms with E-state index in [1.165, 1.54) is 0 Å². The molecular weight excluding hydrogens is 320 g/mol. The van der Waals surface area contributed by atoms with Gasteiger partial charge in [0.05, 0.1) is 23.5 Å². The molecule has 0 aliphatic carbocycles. The molecule has 3 aromatic rings. The molecule has 130 valence electrons. The Kier molecular flexibility index (Phi) is 4.62. The zero-order valence-electron chi connectivity index (χ0n) is 14.5. The number of para-hydroxylation sites is 1. The average molecular weight is 340 g/mol. The molecule has 0 radical (unpaired) electrons. The second-order valence-corrected chi connectivity index (χ2v) is 6.06. The van der Waals surface area contributed by atoms with Crippen LogP contribution in [0, 0.1) is 24.0 Å². The molecule has 0 spiro atoms. The lowest BCUT2D eigenvalue weighted by Crippen LogP contribution is -2.23. The van der Waals surface area contributed by atoms with Gasteiger partial charge < -0.3 is 0 Å². The maximum atomic E-state index is 11.1. The van der Waals surface area contributed by atoms with Crippen molar-refractivity contribution in [2.45, 2.75) is 27.1 Å². The zero-order chi connectivity index (χ0) is 18.0. The molecule has 0 saturated carbocycles. The van der Waals surface area contributed by atoms with E-state index in [1.54, 1.807) is 18.5 Å². The quantitative estimate of drug-likeness (QED) is 0.509. The molecule has 0 bridgehead atoms. The van der Waals surface area contributed by atoms with E-state index >= 15 is 0 Å². The van der Waals surface area contributed by atoms with Crippen LogP contribution >= 0.6 is 0 Å². The molecule has 25 heavy (non-hydrogen) atoms. The first-order valence-corrected chi connectivity index (χ1v) is 7.91. The van der Waals surface area contributed by atoms with Crippen LogP contribution < -0.4 is 0 Å². The van der Waals surface area contributed by atoms with E-state index in [-0.39, 0.29) is 10.6 Å². The first kappa shape index (κ1) is 16.8. The molecule has 2 heterocycles. The van der Waals surface area contributed by atoms with Gasteiger partial charge in [0.15, 0.2) is 0 Å². The van der Waals surface area contributed by atoms with Gasteiger partial charge in [0.25, 0.3) is 0 Å². The number of aryl methyl sites for hydroxylation is 1. The van der Waals surface area contributed by atoms with Crippen molar-refractivity contribution in [3.63, 3.8) is 0 Å². The fourth-order valence-corrected chi connectivity index (χ4v) is 2.84. The molecule has 8 heteroatoms. The molecule has 0 aliphatic heterocycles. The van der Waals surface area contributed by atoms with Crippen LogP contribution in [0.25, 0.3) is 5.69 Å². The number of rotatable bonds is 6. The number of aromatic nitrogens is 4. The average Bonchev–Trinajstić information content (AvgIpc) is 3.13. The van der Waals surface area contributed by atoms with Crippen LogP contribution in [0.1, 0.15) is 17.0 Å². The lowest BCUT2D eigenvalue weighted by Gasteiger charge is -2.16. The Labute approximate surface area is 145 Å². The largest absolute Gasteiger partial charge is 0.312 e. The number of nitrogens with zero attached hydrogens (tertiary/aromatic N) is 6. The summed E-state index contributed by atoms with van der Waals surface area (Å²) in [6.07, 6.45) is 3.81. The van der Waals surface area contributed by atoms with Gasteiger partial charge in [-0.2, -0.15) is 10.2 Å². The monoisotopic (exact) mass is 340 g/mol. The first-order valence-electron chi connectivity index (χ1n) is 7.91. The van der Waals surface area contributed by atoms with Crippen molar-refractivity contribution in [1.29, 1.82) is 0 Å². The van der Waals surface area contributed by atoms with Crippen LogP contribution in [0.2, 0.25) is 0 Å². The third-order valence-corrected chi connectivity index (χ3v) is 4.01. The molecule has 0 saturated heterocycles. The molecule has 0 amide bonds. The SMILES string of the molecule is Cc1nn(CN(C)Cc2cnn(-c3ccccc3)c2)c(C)c1[N+](=O)[O-]. The van der Waals surface area contributed by atoms with E-state index in [2.05, 4.69) is 10.2 Å². The van der Waals surface area contributed by atoms with Crippen molar-refractivity contribution in [3.05, 3.63) is 69.8 Å². The van der Waals surface area contributed by atoms with Crippen molar-refractivity contribution in [2.75, 3.05) is 7.05 Å². The fourth-order valence-electron chi connectivity index (χ4n) is 2.84. The molecule has 0 N–H and O–H groups in total. The van der Waals surface area contributed by atoms with Crippen molar-refractivity contribution >= 4 is 5.69 Å². The van der Waals surface area contributed by atoms with Crippen molar-refractivity contribution < 1.29 is 4.92 Å². The minimum Gasteiger partial charge on any atom is -0.283 e. The molecule has 8 nitrogen and oxygen atoms in total. The van der Waals surface area contributed by atoms with Crippen LogP contribution in [0.4, 0.5) is 5.69 Å². The van der Waals surface area contributed by atoms with E-state index < -0.39 is 0 Å². The summed E-state index contributed by atoms with van der Waals surface area (Å²) in [5, 5.41) is 19.8. The number of hydrogen-bond donors (Lipinski definition) is 0. The Morgan fingerprint density at radius 2 is 1.96 bits per heavy atom. The number of benzene rings is 1. The molecule has 0 atom stereocenters. The summed E-state index contributed by atoms with van der Waals surface area (Å²) in [5.74, 6) is 0. The highest BCUT2D eigenvalue weighted by atomic mass is 16.6. The lowest BCUT2D eigenvalue weighted by molar-refractivity contribution is -0.386. The number of hydrogen-bond acceptors (Lipinski definition) is 5. The zero-order valence-corrected chi connectivity index (χ0v) is 14.5. The Balaban J connectivity index is 1.70. The highest BCUT2D eigenvalue weighted by molar-refractivity contribution is 5.39. The minimum atomic E-state index is -0.377. The van der Waals surface area contributed by atoms with Gasteiger partial charge in [0, 0.05) is 18.3 Å². The van der Waals surface area contributed by atoms with E-state index in [1.807, 2.05) is 59.4 Å². The fraction of sp³-hybridized carbons (Fsp3) is 0.294. The van der Waals surface area contributed by atoms with Crippen LogP contribution in [-0.4, -0.2) is 36.4 Å². The normalized spacial score (nSPS) is 11.2. The molecular formula is C17H20N6O2.